The Morgan fingerprint density at radius 1 is 1.46 bits per heavy atom. The molecule has 3 nitrogen and oxygen atoms in total. The molecule has 0 aliphatic rings. The molecule has 0 radical (unpaired) electrons. The number of nitrogens with zero attached hydrogens (tertiary/aromatic N) is 1. The van der Waals surface area contributed by atoms with Crippen LogP contribution in [0.5, 0.6) is 0 Å². The Hall–Kier alpha value is -1.53. The van der Waals surface area contributed by atoms with Crippen LogP contribution in [0.1, 0.15) is 12.5 Å². The molecule has 1 aromatic rings. The maximum atomic E-state index is 8.56. The van der Waals surface area contributed by atoms with Crippen LogP contribution in [-0.4, -0.2) is 12.6 Å². The summed E-state index contributed by atoms with van der Waals surface area (Å²) in [7, 11) is 0. The summed E-state index contributed by atoms with van der Waals surface area (Å²) >= 11 is 0. The topological polar surface area (TPSA) is 61.8 Å². The van der Waals surface area contributed by atoms with Crippen molar-refractivity contribution in [3.8, 4) is 6.07 Å². The highest BCUT2D eigenvalue weighted by Crippen LogP contribution is 2.08. The first-order valence-electron chi connectivity index (χ1n) is 4.22. The number of nitriles is 1. The molecular weight excluding hydrogens is 162 g/mol. The van der Waals surface area contributed by atoms with Gasteiger partial charge in [-0.3, -0.25) is 0 Å². The van der Waals surface area contributed by atoms with Gasteiger partial charge in [0.25, 0.3) is 0 Å². The van der Waals surface area contributed by atoms with Gasteiger partial charge < -0.3 is 11.1 Å². The second kappa shape index (κ2) is 4.48. The van der Waals surface area contributed by atoms with Crippen molar-refractivity contribution in [1.29, 1.82) is 5.26 Å². The van der Waals surface area contributed by atoms with Gasteiger partial charge in [0.1, 0.15) is 0 Å². The van der Waals surface area contributed by atoms with Crippen LogP contribution in [0.3, 0.4) is 0 Å². The van der Waals surface area contributed by atoms with E-state index in [1.165, 1.54) is 0 Å². The predicted molar refractivity (Wildman–Crippen MR) is 53.3 cm³/mol. The first-order valence-corrected chi connectivity index (χ1v) is 4.22. The molecule has 0 unspecified atom stereocenters. The lowest BCUT2D eigenvalue weighted by Crippen LogP contribution is -2.25. The first kappa shape index (κ1) is 9.56. The number of nitrogens with one attached hydrogen (secondary N) is 1. The summed E-state index contributed by atoms with van der Waals surface area (Å²) in [4.78, 5) is 0. The smallest absolute Gasteiger partial charge is 0.0991 e. The van der Waals surface area contributed by atoms with Crippen molar-refractivity contribution in [2.75, 3.05) is 11.9 Å². The molecular formula is C10H13N3. The fourth-order valence-corrected chi connectivity index (χ4v) is 0.941. The van der Waals surface area contributed by atoms with Crippen LogP contribution in [0.2, 0.25) is 0 Å². The number of rotatable bonds is 3. The third-order valence-electron chi connectivity index (χ3n) is 1.64. The fraction of sp³-hybridized carbons (Fsp3) is 0.300. The molecule has 13 heavy (non-hydrogen) atoms. The molecule has 0 aliphatic heterocycles. The van der Waals surface area contributed by atoms with E-state index in [1.54, 1.807) is 12.1 Å². The van der Waals surface area contributed by atoms with Gasteiger partial charge in [-0.2, -0.15) is 5.26 Å². The van der Waals surface area contributed by atoms with Crippen LogP contribution < -0.4 is 11.1 Å². The Morgan fingerprint density at radius 2 is 2.08 bits per heavy atom. The molecule has 1 atom stereocenters. The van der Waals surface area contributed by atoms with Crippen LogP contribution in [-0.2, 0) is 0 Å². The summed E-state index contributed by atoms with van der Waals surface area (Å²) < 4.78 is 0. The fourth-order valence-electron chi connectivity index (χ4n) is 0.941. The summed E-state index contributed by atoms with van der Waals surface area (Å²) in [6, 6.07) is 9.52. The molecule has 1 aromatic carbocycles. The van der Waals surface area contributed by atoms with E-state index in [4.69, 9.17) is 11.0 Å². The Bertz CT molecular complexity index is 295. The van der Waals surface area contributed by atoms with Crippen molar-refractivity contribution in [3.05, 3.63) is 29.8 Å². The Morgan fingerprint density at radius 3 is 2.54 bits per heavy atom. The molecule has 0 aromatic heterocycles. The molecule has 0 fully saturated rings. The van der Waals surface area contributed by atoms with E-state index in [-0.39, 0.29) is 6.04 Å². The first-order chi connectivity index (χ1) is 6.22. The molecule has 3 N–H and O–H groups in total. The van der Waals surface area contributed by atoms with Crippen molar-refractivity contribution in [2.45, 2.75) is 13.0 Å². The summed E-state index contributed by atoms with van der Waals surface area (Å²) in [5.41, 5.74) is 7.25. The standard InChI is InChI=1S/C10H13N3/c1-8(12)7-13-10-4-2-9(6-11)3-5-10/h2-5,8,13H,7,12H2,1H3/t8-/m1/s1. The lowest BCUT2D eigenvalue weighted by molar-refractivity contribution is 0.780. The molecule has 3 heteroatoms. The van der Waals surface area contributed by atoms with Crippen LogP contribution in [0.25, 0.3) is 0 Å². The predicted octanol–water partition coefficient (Wildman–Crippen LogP) is 1.32. The van der Waals surface area contributed by atoms with Gasteiger partial charge in [0.15, 0.2) is 0 Å². The van der Waals surface area contributed by atoms with Crippen LogP contribution in [0, 0.1) is 11.3 Å². The van der Waals surface area contributed by atoms with E-state index >= 15 is 0 Å². The van der Waals surface area contributed by atoms with Gasteiger partial charge >= 0.3 is 0 Å². The van der Waals surface area contributed by atoms with Gasteiger partial charge in [-0.15, -0.1) is 0 Å². The third kappa shape index (κ3) is 3.14. The van der Waals surface area contributed by atoms with Crippen molar-refractivity contribution < 1.29 is 0 Å². The molecule has 0 amide bonds. The molecule has 0 bridgehead atoms. The Kier molecular flexibility index (Phi) is 3.30. The Labute approximate surface area is 78.2 Å². The quantitative estimate of drug-likeness (QED) is 0.728. The maximum Gasteiger partial charge on any atom is 0.0991 e. The molecule has 0 aliphatic carbocycles. The highest BCUT2D eigenvalue weighted by atomic mass is 14.9. The molecule has 0 saturated carbocycles. The lowest BCUT2D eigenvalue weighted by atomic mass is 10.2. The SMILES string of the molecule is C[C@@H](N)CNc1ccc(C#N)cc1. The average molecular weight is 175 g/mol. The highest BCUT2D eigenvalue weighted by Gasteiger charge is 1.94. The van der Waals surface area contributed by atoms with E-state index in [9.17, 15) is 0 Å². The Balaban J connectivity index is 2.55. The lowest BCUT2D eigenvalue weighted by Gasteiger charge is -2.08. The zero-order valence-electron chi connectivity index (χ0n) is 7.62. The van der Waals surface area contributed by atoms with E-state index in [2.05, 4.69) is 11.4 Å². The zero-order valence-corrected chi connectivity index (χ0v) is 7.62. The number of hydrogen-bond acceptors (Lipinski definition) is 3. The maximum absolute atomic E-state index is 8.56. The summed E-state index contributed by atoms with van der Waals surface area (Å²) in [5.74, 6) is 0. The minimum atomic E-state index is 0.135. The minimum Gasteiger partial charge on any atom is -0.383 e. The molecule has 0 heterocycles. The summed E-state index contributed by atoms with van der Waals surface area (Å²) in [5, 5.41) is 11.7. The van der Waals surface area contributed by atoms with Gasteiger partial charge in [0.2, 0.25) is 0 Å². The number of benzene rings is 1. The van der Waals surface area contributed by atoms with Crippen molar-refractivity contribution >= 4 is 5.69 Å². The van der Waals surface area contributed by atoms with Gasteiger partial charge in [0.05, 0.1) is 11.6 Å². The monoisotopic (exact) mass is 175 g/mol. The average Bonchev–Trinajstić information content (AvgIpc) is 2.15. The zero-order chi connectivity index (χ0) is 9.68. The number of nitrogens with two attached hydrogens (primary N) is 1. The molecule has 68 valence electrons. The number of hydrogen-bond donors (Lipinski definition) is 2. The molecule has 1 rings (SSSR count). The number of anilines is 1. The van der Waals surface area contributed by atoms with E-state index < -0.39 is 0 Å². The largest absolute Gasteiger partial charge is 0.383 e. The third-order valence-corrected chi connectivity index (χ3v) is 1.64. The van der Waals surface area contributed by atoms with E-state index in [1.807, 2.05) is 19.1 Å². The molecule has 0 saturated heterocycles. The normalized spacial score (nSPS) is 11.8. The van der Waals surface area contributed by atoms with Gasteiger partial charge in [-0.25, -0.2) is 0 Å². The van der Waals surface area contributed by atoms with Crippen LogP contribution >= 0.6 is 0 Å². The van der Waals surface area contributed by atoms with Gasteiger partial charge in [-0.05, 0) is 31.2 Å². The van der Waals surface area contributed by atoms with Crippen molar-refractivity contribution in [2.24, 2.45) is 5.73 Å². The molecule has 0 spiro atoms. The van der Waals surface area contributed by atoms with Gasteiger partial charge in [-0.1, -0.05) is 0 Å². The van der Waals surface area contributed by atoms with Crippen molar-refractivity contribution in [3.63, 3.8) is 0 Å². The van der Waals surface area contributed by atoms with Crippen LogP contribution in [0.4, 0.5) is 5.69 Å². The van der Waals surface area contributed by atoms with Gasteiger partial charge in [0, 0.05) is 18.3 Å². The van der Waals surface area contributed by atoms with E-state index in [0.717, 1.165) is 12.2 Å². The second-order valence-electron chi connectivity index (χ2n) is 3.05. The highest BCUT2D eigenvalue weighted by molar-refractivity contribution is 5.47. The van der Waals surface area contributed by atoms with Crippen molar-refractivity contribution in [1.82, 2.24) is 0 Å². The summed E-state index contributed by atoms with van der Waals surface area (Å²) in [6.07, 6.45) is 0. The van der Waals surface area contributed by atoms with E-state index in [0.29, 0.717) is 5.56 Å². The second-order valence-corrected chi connectivity index (χ2v) is 3.05. The summed E-state index contributed by atoms with van der Waals surface area (Å²) in [6.45, 7) is 2.68. The minimum absolute atomic E-state index is 0.135. The van der Waals surface area contributed by atoms with Crippen LogP contribution in [0.15, 0.2) is 24.3 Å².